The van der Waals surface area contributed by atoms with Crippen molar-refractivity contribution in [1.82, 2.24) is 8.68 Å². The zero-order chi connectivity index (χ0) is 17.2. The molecule has 1 fully saturated rings. The molecule has 1 aromatic heterocycles. The molecule has 1 saturated heterocycles. The maximum atomic E-state index is 12.6. The van der Waals surface area contributed by atoms with Gasteiger partial charge in [0, 0.05) is 18.7 Å². The second-order valence-electron chi connectivity index (χ2n) is 5.78. The number of amides is 1. The minimum atomic E-state index is -3.47. The van der Waals surface area contributed by atoms with Gasteiger partial charge in [0.1, 0.15) is 5.00 Å². The fourth-order valence-corrected chi connectivity index (χ4v) is 4.81. The van der Waals surface area contributed by atoms with Gasteiger partial charge in [-0.25, -0.2) is 8.42 Å². The monoisotopic (exact) mass is 365 g/mol. The number of carbonyl (C=O) groups excluding carboxylic acids is 1. The highest BCUT2D eigenvalue weighted by Gasteiger charge is 2.25. The lowest BCUT2D eigenvalue weighted by Gasteiger charge is -2.25. The Hall–Kier alpha value is -1.77. The molecule has 1 aromatic carbocycles. The van der Waals surface area contributed by atoms with E-state index in [1.54, 1.807) is 18.2 Å². The topological polar surface area (TPSA) is 79.4 Å². The van der Waals surface area contributed by atoms with Gasteiger partial charge in [0.15, 0.2) is 0 Å². The van der Waals surface area contributed by atoms with Gasteiger partial charge < -0.3 is 5.32 Å². The van der Waals surface area contributed by atoms with Crippen molar-refractivity contribution in [2.24, 2.45) is 0 Å². The van der Waals surface area contributed by atoms with Gasteiger partial charge in [0.25, 0.3) is 5.91 Å². The molecule has 0 spiro atoms. The largest absolute Gasteiger partial charge is 0.312 e. The molecule has 0 saturated carbocycles. The maximum Gasteiger partial charge on any atom is 0.256 e. The van der Waals surface area contributed by atoms with Crippen LogP contribution in [-0.2, 0) is 10.0 Å². The van der Waals surface area contributed by atoms with Crippen LogP contribution in [0.2, 0.25) is 0 Å². The number of rotatable bonds is 4. The quantitative estimate of drug-likeness (QED) is 0.903. The van der Waals surface area contributed by atoms with Crippen LogP contribution in [0, 0.1) is 6.92 Å². The number of sulfonamides is 1. The first-order chi connectivity index (χ1) is 11.5. The van der Waals surface area contributed by atoms with Crippen molar-refractivity contribution in [3.8, 4) is 0 Å². The van der Waals surface area contributed by atoms with Crippen LogP contribution in [0.1, 0.15) is 35.3 Å². The van der Waals surface area contributed by atoms with E-state index in [0.717, 1.165) is 25.0 Å². The van der Waals surface area contributed by atoms with Crippen LogP contribution in [-0.4, -0.2) is 36.1 Å². The third kappa shape index (κ3) is 3.66. The van der Waals surface area contributed by atoms with Crippen molar-refractivity contribution in [1.29, 1.82) is 0 Å². The minimum Gasteiger partial charge on any atom is -0.312 e. The van der Waals surface area contributed by atoms with Crippen LogP contribution in [0.5, 0.6) is 0 Å². The average molecular weight is 365 g/mol. The first-order valence-electron chi connectivity index (χ1n) is 7.82. The third-order valence-corrected chi connectivity index (χ3v) is 6.64. The Morgan fingerprint density at radius 2 is 1.83 bits per heavy atom. The molecule has 2 aromatic rings. The molecule has 1 amide bonds. The molecule has 128 valence electrons. The van der Waals surface area contributed by atoms with E-state index in [1.807, 2.05) is 6.92 Å². The first kappa shape index (κ1) is 17.1. The molecule has 0 bridgehead atoms. The van der Waals surface area contributed by atoms with Gasteiger partial charge in [-0.3, -0.25) is 4.79 Å². The van der Waals surface area contributed by atoms with Gasteiger partial charge in [0.05, 0.1) is 10.6 Å². The van der Waals surface area contributed by atoms with E-state index < -0.39 is 10.0 Å². The van der Waals surface area contributed by atoms with E-state index in [1.165, 1.54) is 28.0 Å². The predicted octanol–water partition coefficient (Wildman–Crippen LogP) is 2.88. The number of hydrogen-bond acceptors (Lipinski definition) is 5. The van der Waals surface area contributed by atoms with Gasteiger partial charge in [-0.05, 0) is 61.6 Å². The molecule has 0 radical (unpaired) electrons. The number of benzene rings is 1. The zero-order valence-corrected chi connectivity index (χ0v) is 15.0. The Labute approximate surface area is 145 Å². The van der Waals surface area contributed by atoms with Crippen LogP contribution >= 0.6 is 11.5 Å². The van der Waals surface area contributed by atoms with Crippen LogP contribution < -0.4 is 5.32 Å². The van der Waals surface area contributed by atoms with Gasteiger partial charge >= 0.3 is 0 Å². The van der Waals surface area contributed by atoms with Crippen LogP contribution in [0.4, 0.5) is 5.00 Å². The molecule has 0 atom stereocenters. The Bertz CT molecular complexity index is 823. The average Bonchev–Trinajstić information content (AvgIpc) is 3.00. The molecular formula is C16H19N3O3S2. The highest BCUT2D eigenvalue weighted by atomic mass is 32.2. The van der Waals surface area contributed by atoms with Crippen LogP contribution in [0.3, 0.4) is 0 Å². The summed E-state index contributed by atoms with van der Waals surface area (Å²) >= 11 is 1.21. The van der Waals surface area contributed by atoms with Gasteiger partial charge in [-0.1, -0.05) is 6.42 Å². The Morgan fingerprint density at radius 1 is 1.17 bits per heavy atom. The Balaban J connectivity index is 1.73. The zero-order valence-electron chi connectivity index (χ0n) is 13.4. The van der Waals surface area contributed by atoms with Crippen LogP contribution in [0.25, 0.3) is 0 Å². The molecule has 2 heterocycles. The molecule has 24 heavy (non-hydrogen) atoms. The highest BCUT2D eigenvalue weighted by Crippen LogP contribution is 2.21. The van der Waals surface area contributed by atoms with E-state index in [9.17, 15) is 13.2 Å². The normalized spacial score (nSPS) is 16.0. The molecule has 0 unspecified atom stereocenters. The SMILES string of the molecule is Cc1cc(NC(=O)c2ccc(S(=O)(=O)N3CCCCC3)cc2)sn1. The summed E-state index contributed by atoms with van der Waals surface area (Å²) in [5, 5.41) is 3.43. The molecule has 6 nitrogen and oxygen atoms in total. The van der Waals surface area contributed by atoms with Crippen molar-refractivity contribution in [2.45, 2.75) is 31.1 Å². The van der Waals surface area contributed by atoms with Gasteiger partial charge in [0.2, 0.25) is 10.0 Å². The summed E-state index contributed by atoms with van der Waals surface area (Å²) in [6.45, 7) is 2.98. The molecule has 0 aliphatic carbocycles. The number of piperidine rings is 1. The number of aromatic nitrogens is 1. The summed E-state index contributed by atoms with van der Waals surface area (Å²) in [6.07, 6.45) is 2.87. The minimum absolute atomic E-state index is 0.231. The number of carbonyl (C=O) groups is 1. The van der Waals surface area contributed by atoms with Gasteiger partial charge in [-0.2, -0.15) is 8.68 Å². The smallest absolute Gasteiger partial charge is 0.256 e. The molecule has 1 aliphatic rings. The summed E-state index contributed by atoms with van der Waals surface area (Å²) in [5.74, 6) is -0.277. The number of nitrogens with zero attached hydrogens (tertiary/aromatic N) is 2. The van der Waals surface area contributed by atoms with E-state index >= 15 is 0 Å². The Kier molecular flexibility index (Phi) is 4.98. The Morgan fingerprint density at radius 3 is 2.42 bits per heavy atom. The molecule has 1 aliphatic heterocycles. The number of hydrogen-bond donors (Lipinski definition) is 1. The third-order valence-electron chi connectivity index (χ3n) is 3.93. The van der Waals surface area contributed by atoms with E-state index in [0.29, 0.717) is 23.7 Å². The summed E-state index contributed by atoms with van der Waals surface area (Å²) in [5.41, 5.74) is 1.26. The molecule has 8 heteroatoms. The molecule has 3 rings (SSSR count). The number of aryl methyl sites for hydroxylation is 1. The van der Waals surface area contributed by atoms with Crippen molar-refractivity contribution in [3.05, 3.63) is 41.6 Å². The second kappa shape index (κ2) is 7.00. The van der Waals surface area contributed by atoms with Crippen molar-refractivity contribution >= 4 is 32.5 Å². The highest BCUT2D eigenvalue weighted by molar-refractivity contribution is 7.89. The van der Waals surface area contributed by atoms with Crippen molar-refractivity contribution in [3.63, 3.8) is 0 Å². The lowest BCUT2D eigenvalue weighted by atomic mass is 10.2. The van der Waals surface area contributed by atoms with E-state index in [2.05, 4.69) is 9.69 Å². The summed E-state index contributed by atoms with van der Waals surface area (Å²) in [4.78, 5) is 12.4. The van der Waals surface area contributed by atoms with Crippen molar-refractivity contribution < 1.29 is 13.2 Å². The standard InChI is InChI=1S/C16H19N3O3S2/c1-12-11-15(23-18-12)17-16(20)13-5-7-14(8-6-13)24(21,22)19-9-3-2-4-10-19/h5-8,11H,2-4,9-10H2,1H3,(H,17,20). The van der Waals surface area contributed by atoms with E-state index in [-0.39, 0.29) is 10.8 Å². The fourth-order valence-electron chi connectivity index (χ4n) is 2.64. The van der Waals surface area contributed by atoms with Crippen LogP contribution in [0.15, 0.2) is 35.2 Å². The maximum absolute atomic E-state index is 12.6. The van der Waals surface area contributed by atoms with Crippen molar-refractivity contribution in [2.75, 3.05) is 18.4 Å². The predicted molar refractivity (Wildman–Crippen MR) is 93.9 cm³/mol. The van der Waals surface area contributed by atoms with Gasteiger partial charge in [-0.15, -0.1) is 0 Å². The lowest BCUT2D eigenvalue weighted by Crippen LogP contribution is -2.35. The van der Waals surface area contributed by atoms with E-state index in [4.69, 9.17) is 0 Å². The number of nitrogens with one attached hydrogen (secondary N) is 1. The molecule has 1 N–H and O–H groups in total. The summed E-state index contributed by atoms with van der Waals surface area (Å²) < 4.78 is 30.8. The first-order valence-corrected chi connectivity index (χ1v) is 10.0. The molecular weight excluding hydrogens is 346 g/mol. The summed E-state index contributed by atoms with van der Waals surface area (Å²) in [7, 11) is -3.47. The second-order valence-corrected chi connectivity index (χ2v) is 8.52. The fraction of sp³-hybridized carbons (Fsp3) is 0.375. The summed E-state index contributed by atoms with van der Waals surface area (Å²) in [6, 6.07) is 7.87. The lowest BCUT2D eigenvalue weighted by molar-refractivity contribution is 0.102. The number of anilines is 1.